The van der Waals surface area contributed by atoms with Crippen molar-refractivity contribution < 1.29 is 0 Å². The van der Waals surface area contributed by atoms with Crippen LogP contribution < -0.4 is 5.69 Å². The van der Waals surface area contributed by atoms with Gasteiger partial charge in [0.15, 0.2) is 0 Å². The summed E-state index contributed by atoms with van der Waals surface area (Å²) in [5, 5.41) is 14.3. The molecule has 0 aliphatic rings. The van der Waals surface area contributed by atoms with E-state index in [9.17, 15) is 4.79 Å². The van der Waals surface area contributed by atoms with Crippen LogP contribution in [0, 0.1) is 13.8 Å². The summed E-state index contributed by atoms with van der Waals surface area (Å²) in [4.78, 5) is 12.0. The first kappa shape index (κ1) is 13.6. The second kappa shape index (κ2) is 5.21. The maximum Gasteiger partial charge on any atom is 0.347 e. The first-order chi connectivity index (χ1) is 10.1. The van der Waals surface area contributed by atoms with Gasteiger partial charge in [0.25, 0.3) is 0 Å². The topological polar surface area (TPSA) is 79.4 Å². The third-order valence-corrected chi connectivity index (χ3v) is 3.66. The molecule has 0 spiro atoms. The Morgan fingerprint density at radius 2 is 2.05 bits per heavy atom. The first-order valence-electron chi connectivity index (χ1n) is 6.49. The Morgan fingerprint density at radius 3 is 2.71 bits per heavy atom. The molecule has 0 fully saturated rings. The number of rotatable bonds is 3. The zero-order valence-corrected chi connectivity index (χ0v) is 12.4. The number of hydrogen-bond donors (Lipinski definition) is 2. The van der Waals surface area contributed by atoms with Crippen molar-refractivity contribution >= 4 is 11.6 Å². The molecule has 2 N–H and O–H groups in total. The molecule has 2 aromatic heterocycles. The van der Waals surface area contributed by atoms with Crippen LogP contribution in [-0.2, 0) is 6.42 Å². The van der Waals surface area contributed by atoms with E-state index >= 15 is 0 Å². The fraction of sp³-hybridized carbons (Fsp3) is 0.214. The second-order valence-electron chi connectivity index (χ2n) is 4.85. The van der Waals surface area contributed by atoms with Crippen LogP contribution >= 0.6 is 11.6 Å². The van der Waals surface area contributed by atoms with Gasteiger partial charge < -0.3 is 0 Å². The van der Waals surface area contributed by atoms with Crippen molar-refractivity contribution in [1.29, 1.82) is 0 Å². The SMILES string of the molecule is Cc1n[nH]c(C)c1Cc1n[nH]c(=O)n1-c1cccc(Cl)c1. The molecule has 7 heteroatoms. The van der Waals surface area contributed by atoms with Gasteiger partial charge in [-0.3, -0.25) is 5.10 Å². The summed E-state index contributed by atoms with van der Waals surface area (Å²) in [5.74, 6) is 0.620. The molecule has 2 heterocycles. The maximum absolute atomic E-state index is 12.0. The van der Waals surface area contributed by atoms with Gasteiger partial charge in [0.2, 0.25) is 0 Å². The highest BCUT2D eigenvalue weighted by Crippen LogP contribution is 2.18. The molecule has 0 atom stereocenters. The smallest absolute Gasteiger partial charge is 0.282 e. The standard InChI is InChI=1S/C14H14ClN5O/c1-8-12(9(2)17-16-8)7-13-18-19-14(21)20(13)11-5-3-4-10(15)6-11/h3-6H,7H2,1-2H3,(H,16,17)(H,19,21). The monoisotopic (exact) mass is 303 g/mol. The quantitative estimate of drug-likeness (QED) is 0.778. The molecule has 0 bridgehead atoms. The fourth-order valence-electron chi connectivity index (χ4n) is 2.32. The molecule has 0 unspecified atom stereocenters. The zero-order valence-electron chi connectivity index (χ0n) is 11.6. The number of H-pyrrole nitrogens is 2. The van der Waals surface area contributed by atoms with Crippen molar-refractivity contribution in [2.45, 2.75) is 20.3 Å². The van der Waals surface area contributed by atoms with E-state index < -0.39 is 0 Å². The molecule has 0 aliphatic carbocycles. The molecule has 0 amide bonds. The largest absolute Gasteiger partial charge is 0.347 e. The van der Waals surface area contributed by atoms with Crippen LogP contribution in [0.5, 0.6) is 0 Å². The first-order valence-corrected chi connectivity index (χ1v) is 6.86. The van der Waals surface area contributed by atoms with Crippen molar-refractivity contribution in [3.05, 3.63) is 62.5 Å². The molecule has 0 radical (unpaired) electrons. The van der Waals surface area contributed by atoms with Crippen LogP contribution in [0.1, 0.15) is 22.8 Å². The van der Waals surface area contributed by atoms with E-state index in [1.165, 1.54) is 4.57 Å². The van der Waals surface area contributed by atoms with Crippen LogP contribution in [0.2, 0.25) is 5.02 Å². The molecule has 0 aliphatic heterocycles. The summed E-state index contributed by atoms with van der Waals surface area (Å²) in [7, 11) is 0. The van der Waals surface area contributed by atoms with Crippen LogP contribution in [0.15, 0.2) is 29.1 Å². The van der Waals surface area contributed by atoms with E-state index in [4.69, 9.17) is 11.6 Å². The molecule has 6 nitrogen and oxygen atoms in total. The lowest BCUT2D eigenvalue weighted by Crippen LogP contribution is -2.17. The van der Waals surface area contributed by atoms with Gasteiger partial charge in [0, 0.05) is 22.7 Å². The lowest BCUT2D eigenvalue weighted by molar-refractivity contribution is 0.886. The summed E-state index contributed by atoms with van der Waals surface area (Å²) in [6.07, 6.45) is 0.513. The van der Waals surface area contributed by atoms with E-state index in [-0.39, 0.29) is 5.69 Å². The average Bonchev–Trinajstić information content (AvgIpc) is 2.96. The minimum Gasteiger partial charge on any atom is -0.282 e. The highest BCUT2D eigenvalue weighted by Gasteiger charge is 2.15. The van der Waals surface area contributed by atoms with E-state index in [1.807, 2.05) is 19.9 Å². The number of aromatic amines is 2. The number of nitrogens with zero attached hydrogens (tertiary/aromatic N) is 3. The Balaban J connectivity index is 2.08. The molecule has 0 saturated carbocycles. The van der Waals surface area contributed by atoms with Crippen molar-refractivity contribution in [3.63, 3.8) is 0 Å². The van der Waals surface area contributed by atoms with Gasteiger partial charge >= 0.3 is 5.69 Å². The minimum absolute atomic E-state index is 0.286. The van der Waals surface area contributed by atoms with Crippen molar-refractivity contribution in [3.8, 4) is 5.69 Å². The number of benzene rings is 1. The summed E-state index contributed by atoms with van der Waals surface area (Å²) in [6, 6.07) is 7.12. The zero-order chi connectivity index (χ0) is 15.0. The number of aromatic nitrogens is 5. The summed E-state index contributed by atoms with van der Waals surface area (Å²) in [6.45, 7) is 3.87. The molecule has 3 rings (SSSR count). The Hall–Kier alpha value is -2.34. The Kier molecular flexibility index (Phi) is 3.39. The van der Waals surface area contributed by atoms with E-state index in [0.29, 0.717) is 23.0 Å². The Morgan fingerprint density at radius 1 is 1.24 bits per heavy atom. The molecule has 3 aromatic rings. The molecular weight excluding hydrogens is 290 g/mol. The second-order valence-corrected chi connectivity index (χ2v) is 5.29. The van der Waals surface area contributed by atoms with Gasteiger partial charge in [-0.2, -0.15) is 10.2 Å². The number of hydrogen-bond acceptors (Lipinski definition) is 3. The highest BCUT2D eigenvalue weighted by molar-refractivity contribution is 6.30. The Bertz CT molecular complexity index is 826. The van der Waals surface area contributed by atoms with Gasteiger partial charge in [0.05, 0.1) is 11.4 Å². The van der Waals surface area contributed by atoms with Crippen molar-refractivity contribution in [1.82, 2.24) is 25.0 Å². The van der Waals surface area contributed by atoms with Crippen LogP contribution in [-0.4, -0.2) is 25.0 Å². The lowest BCUT2D eigenvalue weighted by atomic mass is 10.1. The Labute approximate surface area is 125 Å². The van der Waals surface area contributed by atoms with E-state index in [0.717, 1.165) is 17.0 Å². The van der Waals surface area contributed by atoms with Crippen LogP contribution in [0.3, 0.4) is 0 Å². The van der Waals surface area contributed by atoms with Gasteiger partial charge in [-0.1, -0.05) is 17.7 Å². The molecule has 0 saturated heterocycles. The van der Waals surface area contributed by atoms with Crippen molar-refractivity contribution in [2.24, 2.45) is 0 Å². The predicted molar refractivity (Wildman–Crippen MR) is 80.1 cm³/mol. The fourth-order valence-corrected chi connectivity index (χ4v) is 2.51. The van der Waals surface area contributed by atoms with Gasteiger partial charge in [-0.25, -0.2) is 14.5 Å². The number of aryl methyl sites for hydroxylation is 2. The third-order valence-electron chi connectivity index (χ3n) is 3.42. The summed E-state index contributed by atoms with van der Waals surface area (Å²) in [5.41, 5.74) is 3.32. The molecule has 21 heavy (non-hydrogen) atoms. The maximum atomic E-state index is 12.0. The van der Waals surface area contributed by atoms with E-state index in [1.54, 1.807) is 18.2 Å². The molecular formula is C14H14ClN5O. The number of halogens is 1. The molecule has 108 valence electrons. The van der Waals surface area contributed by atoms with Crippen LogP contribution in [0.4, 0.5) is 0 Å². The van der Waals surface area contributed by atoms with Gasteiger partial charge in [0.1, 0.15) is 5.82 Å². The van der Waals surface area contributed by atoms with Gasteiger partial charge in [-0.05, 0) is 32.0 Å². The van der Waals surface area contributed by atoms with Gasteiger partial charge in [-0.15, -0.1) is 0 Å². The average molecular weight is 304 g/mol. The summed E-state index contributed by atoms with van der Waals surface area (Å²) < 4.78 is 1.53. The predicted octanol–water partition coefficient (Wildman–Crippen LogP) is 2.14. The lowest BCUT2D eigenvalue weighted by Gasteiger charge is -2.06. The normalized spacial score (nSPS) is 11.0. The third kappa shape index (κ3) is 2.50. The van der Waals surface area contributed by atoms with E-state index in [2.05, 4.69) is 20.4 Å². The summed E-state index contributed by atoms with van der Waals surface area (Å²) >= 11 is 6.00. The minimum atomic E-state index is -0.286. The number of nitrogens with one attached hydrogen (secondary N) is 2. The molecule has 1 aromatic carbocycles. The van der Waals surface area contributed by atoms with Crippen LogP contribution in [0.25, 0.3) is 5.69 Å². The highest BCUT2D eigenvalue weighted by atomic mass is 35.5. The van der Waals surface area contributed by atoms with Crippen molar-refractivity contribution in [2.75, 3.05) is 0 Å².